The van der Waals surface area contributed by atoms with Crippen LogP contribution in [0.3, 0.4) is 0 Å². The van der Waals surface area contributed by atoms with E-state index in [1.807, 2.05) is 55.1 Å². The molecule has 0 saturated heterocycles. The number of nitrogens with zero attached hydrogens (tertiary/aromatic N) is 3. The van der Waals surface area contributed by atoms with Crippen molar-refractivity contribution in [2.45, 2.75) is 40.5 Å². The minimum absolute atomic E-state index is 0.0367. The van der Waals surface area contributed by atoms with Crippen molar-refractivity contribution in [1.29, 1.82) is 0 Å². The molecule has 0 unspecified atom stereocenters. The van der Waals surface area contributed by atoms with Crippen LogP contribution in [0.15, 0.2) is 29.6 Å². The van der Waals surface area contributed by atoms with Gasteiger partial charge in [-0.1, -0.05) is 19.1 Å². The fraction of sp³-hybridized carbons (Fsp3) is 0.316. The molecule has 5 nitrogen and oxygen atoms in total. The van der Waals surface area contributed by atoms with Crippen molar-refractivity contribution in [1.82, 2.24) is 14.8 Å². The van der Waals surface area contributed by atoms with Crippen LogP contribution in [-0.4, -0.2) is 20.7 Å². The van der Waals surface area contributed by atoms with E-state index >= 15 is 0 Å². The minimum Gasteiger partial charge on any atom is -0.326 e. The van der Waals surface area contributed by atoms with Gasteiger partial charge in [-0.15, -0.1) is 11.3 Å². The van der Waals surface area contributed by atoms with Gasteiger partial charge in [-0.25, -0.2) is 9.67 Å². The molecule has 2 aromatic heterocycles. The van der Waals surface area contributed by atoms with Crippen LogP contribution in [-0.2, 0) is 17.6 Å². The number of benzene rings is 1. The number of anilines is 1. The lowest BCUT2D eigenvalue weighted by Gasteiger charge is -2.07. The predicted octanol–water partition coefficient (Wildman–Crippen LogP) is 4.00. The first-order valence-corrected chi connectivity index (χ1v) is 9.22. The second-order valence-electron chi connectivity index (χ2n) is 6.11. The van der Waals surface area contributed by atoms with Crippen LogP contribution in [0.25, 0.3) is 5.13 Å². The molecule has 3 rings (SSSR count). The summed E-state index contributed by atoms with van der Waals surface area (Å²) >= 11 is 1.55. The van der Waals surface area contributed by atoms with Crippen molar-refractivity contribution >= 4 is 22.9 Å². The van der Waals surface area contributed by atoms with Gasteiger partial charge in [-0.2, -0.15) is 5.10 Å². The van der Waals surface area contributed by atoms with Gasteiger partial charge >= 0.3 is 0 Å². The lowest BCUT2D eigenvalue weighted by Crippen LogP contribution is -2.15. The van der Waals surface area contributed by atoms with Crippen LogP contribution >= 0.6 is 11.3 Å². The summed E-state index contributed by atoms with van der Waals surface area (Å²) < 4.78 is 1.83. The number of thiazole rings is 1. The third kappa shape index (κ3) is 3.79. The normalized spacial score (nSPS) is 10.9. The molecule has 2 heterocycles. The van der Waals surface area contributed by atoms with E-state index in [1.54, 1.807) is 11.3 Å². The second kappa shape index (κ2) is 7.19. The highest BCUT2D eigenvalue weighted by atomic mass is 32.1. The summed E-state index contributed by atoms with van der Waals surface area (Å²) in [6.45, 7) is 7.99. The average molecular weight is 354 g/mol. The molecule has 0 aliphatic carbocycles. The van der Waals surface area contributed by atoms with Crippen LogP contribution in [0.2, 0.25) is 0 Å². The number of carbonyl (C=O) groups excluding carboxylic acids is 1. The number of hydrogen-bond acceptors (Lipinski definition) is 4. The number of aromatic nitrogens is 3. The summed E-state index contributed by atoms with van der Waals surface area (Å²) in [5.74, 6) is -0.0367. The molecule has 1 amide bonds. The molecule has 0 saturated carbocycles. The maximum absolute atomic E-state index is 12.4. The molecule has 0 radical (unpaired) electrons. The smallest absolute Gasteiger partial charge is 0.228 e. The van der Waals surface area contributed by atoms with Gasteiger partial charge in [0.1, 0.15) is 0 Å². The fourth-order valence-electron chi connectivity index (χ4n) is 2.75. The lowest BCUT2D eigenvalue weighted by atomic mass is 10.1. The molecule has 0 atom stereocenters. The molecule has 0 aliphatic rings. The molecule has 6 heteroatoms. The van der Waals surface area contributed by atoms with Gasteiger partial charge in [0.05, 0.1) is 17.8 Å². The number of nitrogens with one attached hydrogen (secondary N) is 1. The Balaban J connectivity index is 1.75. The Morgan fingerprint density at radius 3 is 2.52 bits per heavy atom. The average Bonchev–Trinajstić information content (AvgIpc) is 3.14. The summed E-state index contributed by atoms with van der Waals surface area (Å²) in [7, 11) is 0. The summed E-state index contributed by atoms with van der Waals surface area (Å²) in [5.41, 5.74) is 5.83. The Kier molecular flexibility index (Phi) is 4.99. The minimum atomic E-state index is -0.0367. The highest BCUT2D eigenvalue weighted by Crippen LogP contribution is 2.21. The Hall–Kier alpha value is -2.47. The molecule has 0 aliphatic heterocycles. The maximum atomic E-state index is 12.4. The first kappa shape index (κ1) is 17.4. The zero-order chi connectivity index (χ0) is 18.0. The lowest BCUT2D eigenvalue weighted by molar-refractivity contribution is -0.115. The van der Waals surface area contributed by atoms with E-state index < -0.39 is 0 Å². The molecular weight excluding hydrogens is 332 g/mol. The number of carbonyl (C=O) groups is 1. The van der Waals surface area contributed by atoms with Gasteiger partial charge in [0, 0.05) is 22.3 Å². The van der Waals surface area contributed by atoms with Crippen molar-refractivity contribution in [2.75, 3.05) is 5.32 Å². The Bertz CT molecular complexity index is 893. The standard InChI is InChI=1S/C19H22N4OS/c1-5-15-6-8-16(9-7-15)21-18(24)10-17-13(3)22-23(14(17)4)19-20-12(2)11-25-19/h6-9,11H,5,10H2,1-4H3,(H,21,24). The summed E-state index contributed by atoms with van der Waals surface area (Å²) in [6.07, 6.45) is 1.29. The number of aryl methyl sites for hydroxylation is 3. The van der Waals surface area contributed by atoms with Gasteiger partial charge < -0.3 is 5.32 Å². The van der Waals surface area contributed by atoms with Crippen molar-refractivity contribution < 1.29 is 4.79 Å². The molecular formula is C19H22N4OS. The van der Waals surface area contributed by atoms with Crippen LogP contribution in [0.5, 0.6) is 0 Å². The first-order valence-electron chi connectivity index (χ1n) is 8.34. The highest BCUT2D eigenvalue weighted by molar-refractivity contribution is 7.12. The Labute approximate surface area is 151 Å². The summed E-state index contributed by atoms with van der Waals surface area (Å²) in [4.78, 5) is 16.9. The largest absolute Gasteiger partial charge is 0.326 e. The van der Waals surface area contributed by atoms with Gasteiger partial charge in [0.2, 0.25) is 11.0 Å². The van der Waals surface area contributed by atoms with Crippen LogP contribution in [0.4, 0.5) is 5.69 Å². The van der Waals surface area contributed by atoms with E-state index in [4.69, 9.17) is 0 Å². The molecule has 0 bridgehead atoms. The fourth-order valence-corrected chi connectivity index (χ4v) is 3.55. The van der Waals surface area contributed by atoms with Crippen molar-refractivity contribution in [3.8, 4) is 5.13 Å². The van der Waals surface area contributed by atoms with E-state index in [0.29, 0.717) is 6.42 Å². The Morgan fingerprint density at radius 2 is 1.92 bits per heavy atom. The predicted molar refractivity (Wildman–Crippen MR) is 102 cm³/mol. The van der Waals surface area contributed by atoms with E-state index in [9.17, 15) is 4.79 Å². The second-order valence-corrected chi connectivity index (χ2v) is 6.94. The van der Waals surface area contributed by atoms with Crippen LogP contribution in [0, 0.1) is 20.8 Å². The van der Waals surface area contributed by atoms with Crippen molar-refractivity contribution in [2.24, 2.45) is 0 Å². The van der Waals surface area contributed by atoms with Crippen LogP contribution < -0.4 is 5.32 Å². The van der Waals surface area contributed by atoms with Gasteiger partial charge in [-0.3, -0.25) is 4.79 Å². The molecule has 1 aromatic carbocycles. The first-order chi connectivity index (χ1) is 12.0. The van der Waals surface area contributed by atoms with Gasteiger partial charge in [-0.05, 0) is 44.9 Å². The molecule has 3 aromatic rings. The number of amides is 1. The zero-order valence-electron chi connectivity index (χ0n) is 15.0. The SMILES string of the molecule is CCc1ccc(NC(=O)Cc2c(C)nn(-c3nc(C)cs3)c2C)cc1. The quantitative estimate of drug-likeness (QED) is 0.753. The van der Waals surface area contributed by atoms with Gasteiger partial charge in [0.15, 0.2) is 0 Å². The monoisotopic (exact) mass is 354 g/mol. The van der Waals surface area contributed by atoms with Crippen molar-refractivity contribution in [3.05, 3.63) is 57.9 Å². The van der Waals surface area contributed by atoms with E-state index in [-0.39, 0.29) is 5.91 Å². The number of rotatable bonds is 5. The molecule has 0 spiro atoms. The zero-order valence-corrected chi connectivity index (χ0v) is 15.8. The summed E-state index contributed by atoms with van der Waals surface area (Å²) in [5, 5.41) is 10.4. The number of hydrogen-bond donors (Lipinski definition) is 1. The highest BCUT2D eigenvalue weighted by Gasteiger charge is 2.17. The van der Waals surface area contributed by atoms with Gasteiger partial charge in [0.25, 0.3) is 0 Å². The summed E-state index contributed by atoms with van der Waals surface area (Å²) in [6, 6.07) is 7.96. The maximum Gasteiger partial charge on any atom is 0.228 e. The molecule has 1 N–H and O–H groups in total. The molecule has 25 heavy (non-hydrogen) atoms. The van der Waals surface area contributed by atoms with Crippen molar-refractivity contribution in [3.63, 3.8) is 0 Å². The third-order valence-corrected chi connectivity index (χ3v) is 5.15. The van der Waals surface area contributed by atoms with Crippen LogP contribution in [0.1, 0.15) is 35.1 Å². The van der Waals surface area contributed by atoms with E-state index in [1.165, 1.54) is 5.56 Å². The molecule has 130 valence electrons. The molecule has 0 fully saturated rings. The third-order valence-electron chi connectivity index (χ3n) is 4.21. The van der Waals surface area contributed by atoms with E-state index in [0.717, 1.165) is 39.9 Å². The topological polar surface area (TPSA) is 59.8 Å². The van der Waals surface area contributed by atoms with E-state index in [2.05, 4.69) is 22.3 Å². The Morgan fingerprint density at radius 1 is 1.20 bits per heavy atom.